The van der Waals surface area contributed by atoms with Crippen LogP contribution < -0.4 is 4.74 Å². The zero-order valence-electron chi connectivity index (χ0n) is 12.6. The summed E-state index contributed by atoms with van der Waals surface area (Å²) in [5, 5.41) is 19.5. The fraction of sp³-hybridized carbons (Fsp3) is 0.562. The minimum atomic E-state index is -0.227. The average molecular weight is 280 g/mol. The molecule has 0 bridgehead atoms. The first kappa shape index (κ1) is 16.3. The number of phenols is 2. The number of phenolic OH excluding ortho intramolecular Hbond substituents is 2. The monoisotopic (exact) mass is 280 g/mol. The molecule has 0 aliphatic rings. The fourth-order valence-corrected chi connectivity index (χ4v) is 1.78. The molecule has 0 fully saturated rings. The Hall–Kier alpha value is -1.71. The van der Waals surface area contributed by atoms with Gasteiger partial charge in [-0.2, -0.15) is 0 Å². The highest BCUT2D eigenvalue weighted by Gasteiger charge is 2.23. The predicted molar refractivity (Wildman–Crippen MR) is 78.5 cm³/mol. The number of rotatable bonds is 7. The van der Waals surface area contributed by atoms with Gasteiger partial charge in [0.1, 0.15) is 22.8 Å². The van der Waals surface area contributed by atoms with E-state index in [9.17, 15) is 15.0 Å². The largest absolute Gasteiger partial charge is 0.508 e. The highest BCUT2D eigenvalue weighted by Crippen LogP contribution is 2.35. The van der Waals surface area contributed by atoms with E-state index in [1.807, 2.05) is 13.8 Å². The lowest BCUT2D eigenvalue weighted by Gasteiger charge is -2.16. The molecule has 0 radical (unpaired) electrons. The van der Waals surface area contributed by atoms with Crippen molar-refractivity contribution in [1.82, 2.24) is 0 Å². The summed E-state index contributed by atoms with van der Waals surface area (Å²) in [5.74, 6) is 0.0445. The van der Waals surface area contributed by atoms with Crippen LogP contribution in [0, 0.1) is 11.8 Å². The number of ketones is 1. The van der Waals surface area contributed by atoms with Crippen molar-refractivity contribution in [3.8, 4) is 17.2 Å². The number of aromatic hydroxyl groups is 2. The van der Waals surface area contributed by atoms with Crippen molar-refractivity contribution in [2.45, 2.75) is 40.5 Å². The van der Waals surface area contributed by atoms with Crippen LogP contribution in [0.5, 0.6) is 17.2 Å². The molecular weight excluding hydrogens is 256 g/mol. The summed E-state index contributed by atoms with van der Waals surface area (Å²) in [4.78, 5) is 12.3. The molecule has 0 amide bonds. The summed E-state index contributed by atoms with van der Waals surface area (Å²) in [6, 6.07) is 2.56. The standard InChI is InChI=1S/C16H24O4/c1-5-11(4)16(19)15-13(18)8-12(17)9-14(15)20-7-6-10(2)3/h8-11,17-18H,5-7H2,1-4H3/t11-/m0/s1. The summed E-state index contributed by atoms with van der Waals surface area (Å²) in [6.45, 7) is 8.33. The van der Waals surface area contributed by atoms with Crippen LogP contribution in [0.15, 0.2) is 12.1 Å². The maximum absolute atomic E-state index is 12.3. The Bertz CT molecular complexity index is 466. The third-order valence-corrected chi connectivity index (χ3v) is 3.33. The molecular formula is C16H24O4. The maximum atomic E-state index is 12.3. The predicted octanol–water partition coefficient (Wildman–Crippen LogP) is 3.75. The van der Waals surface area contributed by atoms with E-state index in [-0.39, 0.29) is 34.5 Å². The maximum Gasteiger partial charge on any atom is 0.173 e. The topological polar surface area (TPSA) is 66.8 Å². The van der Waals surface area contributed by atoms with Crippen molar-refractivity contribution in [1.29, 1.82) is 0 Å². The summed E-state index contributed by atoms with van der Waals surface area (Å²) in [7, 11) is 0. The van der Waals surface area contributed by atoms with Gasteiger partial charge in [0.05, 0.1) is 6.61 Å². The fourth-order valence-electron chi connectivity index (χ4n) is 1.78. The van der Waals surface area contributed by atoms with E-state index in [1.165, 1.54) is 12.1 Å². The van der Waals surface area contributed by atoms with Gasteiger partial charge in [-0.1, -0.05) is 27.7 Å². The van der Waals surface area contributed by atoms with Crippen molar-refractivity contribution in [3.63, 3.8) is 0 Å². The van der Waals surface area contributed by atoms with E-state index in [2.05, 4.69) is 13.8 Å². The van der Waals surface area contributed by atoms with Gasteiger partial charge in [-0.25, -0.2) is 0 Å². The highest BCUT2D eigenvalue weighted by atomic mass is 16.5. The Morgan fingerprint density at radius 3 is 2.45 bits per heavy atom. The van der Waals surface area contributed by atoms with Crippen LogP contribution in [0.25, 0.3) is 0 Å². The van der Waals surface area contributed by atoms with Gasteiger partial charge in [0.2, 0.25) is 0 Å². The second-order valence-corrected chi connectivity index (χ2v) is 5.54. The molecule has 4 nitrogen and oxygen atoms in total. The molecule has 0 aliphatic heterocycles. The molecule has 0 heterocycles. The molecule has 1 atom stereocenters. The van der Waals surface area contributed by atoms with Gasteiger partial charge in [-0.05, 0) is 18.8 Å². The van der Waals surface area contributed by atoms with Crippen LogP contribution in [0.1, 0.15) is 50.9 Å². The lowest BCUT2D eigenvalue weighted by atomic mass is 9.95. The third kappa shape index (κ3) is 4.15. The molecule has 0 spiro atoms. The molecule has 0 saturated heterocycles. The summed E-state index contributed by atoms with van der Waals surface area (Å²) >= 11 is 0. The van der Waals surface area contributed by atoms with E-state index in [1.54, 1.807) is 0 Å². The molecule has 1 aromatic rings. The van der Waals surface area contributed by atoms with E-state index < -0.39 is 0 Å². The third-order valence-electron chi connectivity index (χ3n) is 3.33. The molecule has 20 heavy (non-hydrogen) atoms. The van der Waals surface area contributed by atoms with Crippen LogP contribution in [0.2, 0.25) is 0 Å². The molecule has 4 heteroatoms. The number of carbonyl (C=O) groups excluding carboxylic acids is 1. The van der Waals surface area contributed by atoms with Crippen molar-refractivity contribution in [2.24, 2.45) is 11.8 Å². The first-order valence-corrected chi connectivity index (χ1v) is 7.09. The highest BCUT2D eigenvalue weighted by molar-refractivity contribution is 6.02. The van der Waals surface area contributed by atoms with Crippen molar-refractivity contribution in [3.05, 3.63) is 17.7 Å². The van der Waals surface area contributed by atoms with Gasteiger partial charge < -0.3 is 14.9 Å². The molecule has 2 N–H and O–H groups in total. The quantitative estimate of drug-likeness (QED) is 0.746. The average Bonchev–Trinajstić information content (AvgIpc) is 2.36. The normalized spacial score (nSPS) is 12.4. The first-order chi connectivity index (χ1) is 9.36. The smallest absolute Gasteiger partial charge is 0.173 e. The van der Waals surface area contributed by atoms with Gasteiger partial charge in [-0.15, -0.1) is 0 Å². The number of hydrogen-bond acceptors (Lipinski definition) is 4. The summed E-state index contributed by atoms with van der Waals surface area (Å²) < 4.78 is 5.58. The molecule has 1 aromatic carbocycles. The second-order valence-electron chi connectivity index (χ2n) is 5.54. The molecule has 0 aromatic heterocycles. The minimum absolute atomic E-state index is 0.109. The Morgan fingerprint density at radius 2 is 1.90 bits per heavy atom. The number of hydrogen-bond donors (Lipinski definition) is 2. The SMILES string of the molecule is CC[C@H](C)C(=O)c1c(O)cc(O)cc1OCCC(C)C. The zero-order valence-corrected chi connectivity index (χ0v) is 12.6. The molecule has 0 saturated carbocycles. The number of Topliss-reactive ketones (excluding diaryl/α,β-unsaturated/α-hetero) is 1. The van der Waals surface area contributed by atoms with E-state index in [0.29, 0.717) is 18.9 Å². The van der Waals surface area contributed by atoms with E-state index in [4.69, 9.17) is 4.74 Å². The first-order valence-electron chi connectivity index (χ1n) is 7.09. The van der Waals surface area contributed by atoms with Gasteiger partial charge in [0.25, 0.3) is 0 Å². The lowest BCUT2D eigenvalue weighted by molar-refractivity contribution is 0.0920. The number of benzene rings is 1. The van der Waals surface area contributed by atoms with Crippen molar-refractivity contribution >= 4 is 5.78 Å². The number of carbonyl (C=O) groups is 1. The van der Waals surface area contributed by atoms with Crippen molar-refractivity contribution in [2.75, 3.05) is 6.61 Å². The van der Waals surface area contributed by atoms with E-state index >= 15 is 0 Å². The summed E-state index contributed by atoms with van der Waals surface area (Å²) in [5.41, 5.74) is 0.168. The van der Waals surface area contributed by atoms with Crippen LogP contribution in [0.3, 0.4) is 0 Å². The Labute approximate surface area is 120 Å². The van der Waals surface area contributed by atoms with E-state index in [0.717, 1.165) is 6.42 Å². The Kier molecular flexibility index (Phi) is 5.86. The molecule has 0 unspecified atom stereocenters. The lowest BCUT2D eigenvalue weighted by Crippen LogP contribution is -2.13. The molecule has 1 rings (SSSR count). The summed E-state index contributed by atoms with van der Waals surface area (Å²) in [6.07, 6.45) is 1.53. The van der Waals surface area contributed by atoms with Crippen LogP contribution in [-0.2, 0) is 0 Å². The molecule has 0 aliphatic carbocycles. The Balaban J connectivity index is 3.04. The molecule has 112 valence electrons. The Morgan fingerprint density at radius 1 is 1.25 bits per heavy atom. The minimum Gasteiger partial charge on any atom is -0.508 e. The van der Waals surface area contributed by atoms with Gasteiger partial charge in [0, 0.05) is 18.1 Å². The van der Waals surface area contributed by atoms with Crippen LogP contribution in [0.4, 0.5) is 0 Å². The zero-order chi connectivity index (χ0) is 15.3. The van der Waals surface area contributed by atoms with Crippen LogP contribution in [-0.4, -0.2) is 22.6 Å². The van der Waals surface area contributed by atoms with Crippen LogP contribution >= 0.6 is 0 Å². The second kappa shape index (κ2) is 7.17. The van der Waals surface area contributed by atoms with Gasteiger partial charge >= 0.3 is 0 Å². The van der Waals surface area contributed by atoms with Gasteiger partial charge in [0.15, 0.2) is 5.78 Å². The van der Waals surface area contributed by atoms with Gasteiger partial charge in [-0.3, -0.25) is 4.79 Å². The number of ether oxygens (including phenoxy) is 1. The van der Waals surface area contributed by atoms with Crippen molar-refractivity contribution < 1.29 is 19.7 Å².